The highest BCUT2D eigenvalue weighted by Gasteiger charge is 2.23. The van der Waals surface area contributed by atoms with Crippen LogP contribution in [0, 0.1) is 0 Å². The van der Waals surface area contributed by atoms with Crippen molar-refractivity contribution < 1.29 is 0 Å². The summed E-state index contributed by atoms with van der Waals surface area (Å²) in [5.41, 5.74) is 5.85. The molecule has 0 saturated heterocycles. The van der Waals surface area contributed by atoms with Crippen LogP contribution in [0.5, 0.6) is 0 Å². The number of rotatable bonds is 5. The van der Waals surface area contributed by atoms with E-state index < -0.39 is 0 Å². The van der Waals surface area contributed by atoms with E-state index in [4.69, 9.17) is 4.99 Å². The molecule has 0 fully saturated rings. The van der Waals surface area contributed by atoms with Gasteiger partial charge < -0.3 is 5.32 Å². The molecule has 0 bridgehead atoms. The van der Waals surface area contributed by atoms with Crippen molar-refractivity contribution in [2.75, 3.05) is 11.1 Å². The molecule has 5 rings (SSSR count). The number of hydrogen-bond acceptors (Lipinski definition) is 3. The van der Waals surface area contributed by atoms with Crippen molar-refractivity contribution in [1.29, 1.82) is 0 Å². The Kier molecular flexibility index (Phi) is 5.59. The summed E-state index contributed by atoms with van der Waals surface area (Å²) in [5.74, 6) is 0.979. The minimum atomic E-state index is 0.214. The van der Waals surface area contributed by atoms with Crippen LogP contribution in [-0.2, 0) is 0 Å². The van der Waals surface area contributed by atoms with Crippen molar-refractivity contribution >= 4 is 39.0 Å². The van der Waals surface area contributed by atoms with Gasteiger partial charge in [0.25, 0.3) is 0 Å². The van der Waals surface area contributed by atoms with E-state index in [1.165, 1.54) is 27.5 Å². The van der Waals surface area contributed by atoms with Crippen LogP contribution < -0.4 is 5.32 Å². The molecule has 1 aliphatic heterocycles. The lowest BCUT2D eigenvalue weighted by Crippen LogP contribution is -2.06. The lowest BCUT2D eigenvalue weighted by atomic mass is 10.0. The van der Waals surface area contributed by atoms with Crippen LogP contribution in [0.15, 0.2) is 114 Å². The van der Waals surface area contributed by atoms with Gasteiger partial charge in [0, 0.05) is 22.4 Å². The van der Waals surface area contributed by atoms with Crippen molar-refractivity contribution in [3.05, 3.63) is 120 Å². The van der Waals surface area contributed by atoms with E-state index in [0.717, 1.165) is 22.2 Å². The molecule has 2 nitrogen and oxygen atoms in total. The van der Waals surface area contributed by atoms with Crippen LogP contribution in [0.2, 0.25) is 0 Å². The summed E-state index contributed by atoms with van der Waals surface area (Å²) in [6.45, 7) is 2.18. The Hall–Kier alpha value is -3.30. The van der Waals surface area contributed by atoms with Crippen molar-refractivity contribution in [1.82, 2.24) is 0 Å². The van der Waals surface area contributed by atoms with Gasteiger partial charge in [-0.25, -0.2) is 0 Å². The first-order valence-electron chi connectivity index (χ1n) is 10.6. The van der Waals surface area contributed by atoms with Gasteiger partial charge in [-0.15, -0.1) is 11.8 Å². The van der Waals surface area contributed by atoms with Gasteiger partial charge in [0.1, 0.15) is 0 Å². The smallest absolute Gasteiger partial charge is 0.0963 e. The fraction of sp³-hybridized carbons (Fsp3) is 0.107. The van der Waals surface area contributed by atoms with Crippen LogP contribution in [0.3, 0.4) is 0 Å². The molecule has 0 spiro atoms. The van der Waals surface area contributed by atoms with E-state index in [1.54, 1.807) is 0 Å². The number of benzene rings is 4. The highest BCUT2D eigenvalue weighted by atomic mass is 32.2. The minimum Gasteiger partial charge on any atom is -0.354 e. The van der Waals surface area contributed by atoms with Gasteiger partial charge in [-0.05, 0) is 29.5 Å². The second-order valence-electron chi connectivity index (χ2n) is 7.69. The standard InChI is InChI=1S/C28H24N2S/c1-20(28-30-26(19-31-28)22-12-4-2-5-13-22)27(23-14-6-3-7-15-23)29-25-18-10-16-21-11-8-9-17-24(21)25/h2-18,26,29H,19H2,1H3. The molecule has 4 aromatic rings. The molecule has 152 valence electrons. The quantitative estimate of drug-likeness (QED) is 0.360. The van der Waals surface area contributed by atoms with Gasteiger partial charge in [-0.2, -0.15) is 0 Å². The molecule has 4 aromatic carbocycles. The van der Waals surface area contributed by atoms with Crippen LogP contribution in [0.1, 0.15) is 24.1 Å². The van der Waals surface area contributed by atoms with E-state index >= 15 is 0 Å². The Morgan fingerprint density at radius 1 is 0.806 bits per heavy atom. The zero-order valence-corrected chi connectivity index (χ0v) is 18.3. The Morgan fingerprint density at radius 3 is 2.29 bits per heavy atom. The summed E-state index contributed by atoms with van der Waals surface area (Å²) >= 11 is 1.84. The van der Waals surface area contributed by atoms with Crippen molar-refractivity contribution in [3.63, 3.8) is 0 Å². The Balaban J connectivity index is 1.57. The van der Waals surface area contributed by atoms with Gasteiger partial charge >= 0.3 is 0 Å². The van der Waals surface area contributed by atoms with Crippen molar-refractivity contribution in [2.24, 2.45) is 4.99 Å². The Bertz CT molecular complexity index is 1250. The molecule has 0 aliphatic carbocycles. The molecule has 1 aliphatic rings. The van der Waals surface area contributed by atoms with Gasteiger partial charge in [-0.3, -0.25) is 4.99 Å². The van der Waals surface area contributed by atoms with Crippen LogP contribution in [0.4, 0.5) is 5.69 Å². The number of hydrogen-bond donors (Lipinski definition) is 1. The second kappa shape index (κ2) is 8.83. The maximum atomic E-state index is 5.09. The largest absolute Gasteiger partial charge is 0.354 e. The minimum absolute atomic E-state index is 0.214. The fourth-order valence-electron chi connectivity index (χ4n) is 3.99. The highest BCUT2D eigenvalue weighted by Crippen LogP contribution is 2.36. The number of fused-ring (bicyclic) bond motifs is 1. The van der Waals surface area contributed by atoms with E-state index in [1.807, 2.05) is 11.8 Å². The molecule has 0 saturated carbocycles. The third-order valence-electron chi connectivity index (χ3n) is 5.64. The van der Waals surface area contributed by atoms with Crippen LogP contribution in [0.25, 0.3) is 16.5 Å². The summed E-state index contributed by atoms with van der Waals surface area (Å²) in [7, 11) is 0. The first kappa shape index (κ1) is 19.7. The monoisotopic (exact) mass is 420 g/mol. The number of anilines is 1. The highest BCUT2D eigenvalue weighted by molar-refractivity contribution is 8.14. The van der Waals surface area contributed by atoms with Gasteiger partial charge in [0.2, 0.25) is 0 Å². The topological polar surface area (TPSA) is 24.4 Å². The van der Waals surface area contributed by atoms with Gasteiger partial charge in [0.05, 0.1) is 16.8 Å². The summed E-state index contributed by atoms with van der Waals surface area (Å²) in [6.07, 6.45) is 0. The van der Waals surface area contributed by atoms with Crippen LogP contribution in [-0.4, -0.2) is 10.8 Å². The summed E-state index contributed by atoms with van der Waals surface area (Å²) in [6, 6.07) is 36.2. The molecule has 0 radical (unpaired) electrons. The molecule has 3 heteroatoms. The van der Waals surface area contributed by atoms with E-state index in [-0.39, 0.29) is 6.04 Å². The first-order valence-corrected chi connectivity index (χ1v) is 11.5. The predicted molar refractivity (Wildman–Crippen MR) is 136 cm³/mol. The average molecular weight is 421 g/mol. The maximum absolute atomic E-state index is 5.09. The summed E-state index contributed by atoms with van der Waals surface area (Å²) in [4.78, 5) is 5.09. The summed E-state index contributed by atoms with van der Waals surface area (Å²) in [5, 5.41) is 7.31. The molecule has 1 heterocycles. The molecule has 1 atom stereocenters. The average Bonchev–Trinajstić information content (AvgIpc) is 3.34. The second-order valence-corrected chi connectivity index (χ2v) is 8.70. The third kappa shape index (κ3) is 4.14. The predicted octanol–water partition coefficient (Wildman–Crippen LogP) is 7.57. The van der Waals surface area contributed by atoms with Crippen LogP contribution >= 0.6 is 11.8 Å². The number of thioether (sulfide) groups is 1. The molecule has 31 heavy (non-hydrogen) atoms. The molecular formula is C28H24N2S. The van der Waals surface area contributed by atoms with E-state index in [2.05, 4.69) is 115 Å². The molecular weight excluding hydrogens is 396 g/mol. The first-order chi connectivity index (χ1) is 15.3. The third-order valence-corrected chi connectivity index (χ3v) is 6.81. The number of aliphatic imine (C=N–C) groups is 1. The van der Waals surface area contributed by atoms with Gasteiger partial charge in [-0.1, -0.05) is 97.1 Å². The van der Waals surface area contributed by atoms with E-state index in [9.17, 15) is 0 Å². The normalized spacial score (nSPS) is 16.7. The SMILES string of the molecule is CC(C1=NC(c2ccccc2)CS1)=C(Nc1cccc2ccccc12)c1ccccc1. The molecule has 1 unspecified atom stereocenters. The fourth-order valence-corrected chi connectivity index (χ4v) is 5.09. The lowest BCUT2D eigenvalue weighted by molar-refractivity contribution is 0.849. The Morgan fingerprint density at radius 2 is 1.48 bits per heavy atom. The van der Waals surface area contributed by atoms with Gasteiger partial charge in [0.15, 0.2) is 0 Å². The number of nitrogens with one attached hydrogen (secondary N) is 1. The molecule has 0 aromatic heterocycles. The molecule has 1 N–H and O–H groups in total. The molecule has 0 amide bonds. The Labute approximate surface area is 187 Å². The van der Waals surface area contributed by atoms with Crippen molar-refractivity contribution in [2.45, 2.75) is 13.0 Å². The van der Waals surface area contributed by atoms with Crippen molar-refractivity contribution in [3.8, 4) is 0 Å². The maximum Gasteiger partial charge on any atom is 0.0963 e. The lowest BCUT2D eigenvalue weighted by Gasteiger charge is -2.17. The zero-order valence-electron chi connectivity index (χ0n) is 17.5. The summed E-state index contributed by atoms with van der Waals surface area (Å²) < 4.78 is 0. The zero-order chi connectivity index (χ0) is 21.0. The number of nitrogens with zero attached hydrogens (tertiary/aromatic N) is 1. The van der Waals surface area contributed by atoms with E-state index in [0.29, 0.717) is 0 Å².